The largest absolute Gasteiger partial charge is 0.0835 e. The Morgan fingerprint density at radius 2 is 1.90 bits per heavy atom. The van der Waals surface area contributed by atoms with Crippen LogP contribution in [-0.2, 0) is 0 Å². The summed E-state index contributed by atoms with van der Waals surface area (Å²) < 4.78 is 0. The molecule has 2 rings (SSSR count). The molecule has 0 heterocycles. The third-order valence-corrected chi connectivity index (χ3v) is 1.75. The van der Waals surface area contributed by atoms with Gasteiger partial charge in [0.15, 0.2) is 0 Å². The molecule has 0 heteroatoms. The average molecular weight is 129 g/mol. The molecule has 0 fully saturated rings. The zero-order valence-electron chi connectivity index (χ0n) is 5.75. The third-order valence-electron chi connectivity index (χ3n) is 1.75. The van der Waals surface area contributed by atoms with E-state index in [9.17, 15) is 0 Å². The standard InChI is InChI=1S/C10H9/c1-2-5-9-7-4-8-10(9)6-3-1/h2-8H,1H2. The van der Waals surface area contributed by atoms with Crippen molar-refractivity contribution in [2.45, 2.75) is 6.42 Å². The summed E-state index contributed by atoms with van der Waals surface area (Å²) in [6.45, 7) is 0. The zero-order valence-corrected chi connectivity index (χ0v) is 5.75. The summed E-state index contributed by atoms with van der Waals surface area (Å²) in [6, 6.07) is 0. The zero-order chi connectivity index (χ0) is 6.81. The maximum atomic E-state index is 2.18. The molecule has 0 saturated heterocycles. The highest BCUT2D eigenvalue weighted by Gasteiger charge is 2.09. The Bertz CT molecular complexity index is 239. The lowest BCUT2D eigenvalue weighted by Gasteiger charge is -1.99. The van der Waals surface area contributed by atoms with Crippen molar-refractivity contribution in [3.8, 4) is 0 Å². The summed E-state index contributed by atoms with van der Waals surface area (Å²) in [5.41, 5.74) is 1.34. The molecule has 0 aromatic heterocycles. The summed E-state index contributed by atoms with van der Waals surface area (Å²) in [5.74, 6) is 1.34. The summed E-state index contributed by atoms with van der Waals surface area (Å²) in [5, 5.41) is 0. The number of fused-ring (bicyclic) bond motifs is 1. The van der Waals surface area contributed by atoms with E-state index in [0.717, 1.165) is 6.42 Å². The highest BCUT2D eigenvalue weighted by Crippen LogP contribution is 2.25. The number of allylic oxidation sites excluding steroid dienone is 8. The normalized spacial score (nSPS) is 22.6. The fourth-order valence-electron chi connectivity index (χ4n) is 1.22. The number of hydrogen-bond acceptors (Lipinski definition) is 0. The van der Waals surface area contributed by atoms with Gasteiger partial charge in [-0.3, -0.25) is 0 Å². The van der Waals surface area contributed by atoms with Crippen LogP contribution in [0.3, 0.4) is 0 Å². The molecule has 0 spiro atoms. The molecular formula is C10H9. The van der Waals surface area contributed by atoms with E-state index in [-0.39, 0.29) is 0 Å². The minimum absolute atomic E-state index is 1.06. The maximum absolute atomic E-state index is 2.18. The van der Waals surface area contributed by atoms with Gasteiger partial charge in [-0.25, -0.2) is 0 Å². The second-order valence-corrected chi connectivity index (χ2v) is 2.48. The number of hydrogen-bond donors (Lipinski definition) is 0. The van der Waals surface area contributed by atoms with E-state index < -0.39 is 0 Å². The van der Waals surface area contributed by atoms with E-state index in [4.69, 9.17) is 0 Å². The van der Waals surface area contributed by atoms with E-state index in [1.54, 1.807) is 0 Å². The first kappa shape index (κ1) is 5.72. The average Bonchev–Trinajstić information content (AvgIpc) is 2.28. The molecule has 0 atom stereocenters. The van der Waals surface area contributed by atoms with Crippen molar-refractivity contribution >= 4 is 0 Å². The van der Waals surface area contributed by atoms with Crippen molar-refractivity contribution in [2.75, 3.05) is 0 Å². The second-order valence-electron chi connectivity index (χ2n) is 2.48. The first-order valence-electron chi connectivity index (χ1n) is 3.55. The smallest absolute Gasteiger partial charge is 0.0482 e. The fourth-order valence-corrected chi connectivity index (χ4v) is 1.22. The van der Waals surface area contributed by atoms with Crippen LogP contribution in [0.5, 0.6) is 0 Å². The van der Waals surface area contributed by atoms with Crippen LogP contribution in [0.1, 0.15) is 6.42 Å². The Balaban J connectivity index is 2.34. The molecule has 0 N–H and O–H groups in total. The lowest BCUT2D eigenvalue weighted by Crippen LogP contribution is -1.84. The van der Waals surface area contributed by atoms with Crippen molar-refractivity contribution in [3.63, 3.8) is 0 Å². The van der Waals surface area contributed by atoms with Gasteiger partial charge in [0, 0.05) is 5.92 Å². The summed E-state index contributed by atoms with van der Waals surface area (Å²) in [4.78, 5) is 0. The molecule has 1 radical (unpaired) electrons. The number of rotatable bonds is 0. The minimum Gasteiger partial charge on any atom is -0.0835 e. The third kappa shape index (κ3) is 0.860. The van der Waals surface area contributed by atoms with Gasteiger partial charge in [0.1, 0.15) is 0 Å². The monoisotopic (exact) mass is 129 g/mol. The van der Waals surface area contributed by atoms with Gasteiger partial charge in [0.05, 0.1) is 0 Å². The SMILES string of the molecule is C1=C[C]2C=CCC=CC2=C1. The highest BCUT2D eigenvalue weighted by atomic mass is 14.1. The predicted molar refractivity (Wildman–Crippen MR) is 43.4 cm³/mol. The second kappa shape index (κ2) is 2.30. The van der Waals surface area contributed by atoms with Gasteiger partial charge in [-0.15, -0.1) is 0 Å². The Labute approximate surface area is 61.3 Å². The molecule has 0 aliphatic heterocycles. The lowest BCUT2D eigenvalue weighted by molar-refractivity contribution is 1.39. The van der Waals surface area contributed by atoms with Crippen LogP contribution < -0.4 is 0 Å². The molecule has 2 aliphatic rings. The molecule has 0 aromatic carbocycles. The van der Waals surface area contributed by atoms with Gasteiger partial charge >= 0.3 is 0 Å². The molecule has 0 nitrogen and oxygen atoms in total. The predicted octanol–water partition coefficient (Wildman–Crippen LogP) is 2.57. The minimum atomic E-state index is 1.06. The van der Waals surface area contributed by atoms with E-state index in [1.165, 1.54) is 11.5 Å². The molecule has 0 aromatic rings. The Morgan fingerprint density at radius 1 is 1.00 bits per heavy atom. The Morgan fingerprint density at radius 3 is 2.90 bits per heavy atom. The fraction of sp³-hybridized carbons (Fsp3) is 0.100. The molecule has 10 heavy (non-hydrogen) atoms. The van der Waals surface area contributed by atoms with Crippen LogP contribution in [0.25, 0.3) is 0 Å². The maximum Gasteiger partial charge on any atom is 0.0482 e. The van der Waals surface area contributed by atoms with Crippen molar-refractivity contribution in [2.24, 2.45) is 0 Å². The Kier molecular flexibility index (Phi) is 1.31. The van der Waals surface area contributed by atoms with Gasteiger partial charge in [0.25, 0.3) is 0 Å². The van der Waals surface area contributed by atoms with Crippen LogP contribution in [0.4, 0.5) is 0 Å². The first-order chi connectivity index (χ1) is 4.97. The highest BCUT2D eigenvalue weighted by molar-refractivity contribution is 5.54. The molecule has 0 bridgehead atoms. The van der Waals surface area contributed by atoms with Crippen molar-refractivity contribution in [3.05, 3.63) is 54.0 Å². The summed E-state index contributed by atoms with van der Waals surface area (Å²) in [7, 11) is 0. The van der Waals surface area contributed by atoms with Crippen LogP contribution in [-0.4, -0.2) is 0 Å². The molecule has 0 unspecified atom stereocenters. The van der Waals surface area contributed by atoms with Gasteiger partial charge in [0.2, 0.25) is 0 Å². The lowest BCUT2D eigenvalue weighted by atomic mass is 10.0. The van der Waals surface area contributed by atoms with Gasteiger partial charge < -0.3 is 0 Å². The van der Waals surface area contributed by atoms with Gasteiger partial charge in [-0.1, -0.05) is 42.5 Å². The van der Waals surface area contributed by atoms with Crippen LogP contribution in [0.2, 0.25) is 0 Å². The van der Waals surface area contributed by atoms with E-state index in [1.807, 2.05) is 0 Å². The van der Waals surface area contributed by atoms with E-state index in [0.29, 0.717) is 0 Å². The van der Waals surface area contributed by atoms with Crippen LogP contribution in [0.15, 0.2) is 48.1 Å². The topological polar surface area (TPSA) is 0 Å². The van der Waals surface area contributed by atoms with Crippen LogP contribution in [0, 0.1) is 5.92 Å². The van der Waals surface area contributed by atoms with E-state index in [2.05, 4.69) is 42.5 Å². The molecule has 0 amide bonds. The molecule has 49 valence electrons. The van der Waals surface area contributed by atoms with Gasteiger partial charge in [-0.2, -0.15) is 0 Å². The summed E-state index contributed by atoms with van der Waals surface area (Å²) >= 11 is 0. The molecule has 2 aliphatic carbocycles. The first-order valence-corrected chi connectivity index (χ1v) is 3.55. The van der Waals surface area contributed by atoms with Crippen LogP contribution >= 0.6 is 0 Å². The van der Waals surface area contributed by atoms with Crippen molar-refractivity contribution in [1.29, 1.82) is 0 Å². The molecular weight excluding hydrogens is 120 g/mol. The Hall–Kier alpha value is -1.04. The van der Waals surface area contributed by atoms with Gasteiger partial charge in [-0.05, 0) is 12.0 Å². The van der Waals surface area contributed by atoms with E-state index >= 15 is 0 Å². The van der Waals surface area contributed by atoms with Crippen molar-refractivity contribution < 1.29 is 0 Å². The quantitative estimate of drug-likeness (QED) is 0.471. The van der Waals surface area contributed by atoms with Crippen molar-refractivity contribution in [1.82, 2.24) is 0 Å². The molecule has 0 saturated carbocycles. The summed E-state index contributed by atoms with van der Waals surface area (Å²) in [6.07, 6.45) is 16.2.